The van der Waals surface area contributed by atoms with E-state index < -0.39 is 6.10 Å². The highest BCUT2D eigenvalue weighted by Crippen LogP contribution is 2.12. The Morgan fingerprint density at radius 2 is 1.47 bits per heavy atom. The lowest BCUT2D eigenvalue weighted by molar-refractivity contribution is 0.0757. The molecule has 2 unspecified atom stereocenters. The van der Waals surface area contributed by atoms with Crippen molar-refractivity contribution in [3.63, 3.8) is 0 Å². The second kappa shape index (κ2) is 11.9. The Hall–Kier alpha value is -0.600. The highest BCUT2D eigenvalue weighted by Gasteiger charge is 2.09. The molecule has 0 aliphatic carbocycles. The van der Waals surface area contributed by atoms with E-state index in [1.807, 2.05) is 6.08 Å². The third-order valence-electron chi connectivity index (χ3n) is 2.93. The van der Waals surface area contributed by atoms with Gasteiger partial charge in [-0.15, -0.1) is 13.2 Å². The smallest absolute Gasteiger partial charge is 0.0599 e. The van der Waals surface area contributed by atoms with Gasteiger partial charge < -0.3 is 10.2 Å². The van der Waals surface area contributed by atoms with Crippen LogP contribution >= 0.6 is 0 Å². The first-order valence-corrected chi connectivity index (χ1v) is 6.78. The van der Waals surface area contributed by atoms with Crippen molar-refractivity contribution in [3.8, 4) is 0 Å². The van der Waals surface area contributed by atoms with Crippen molar-refractivity contribution in [2.24, 2.45) is 0 Å². The van der Waals surface area contributed by atoms with Gasteiger partial charge in [-0.3, -0.25) is 0 Å². The summed E-state index contributed by atoms with van der Waals surface area (Å²) < 4.78 is 0. The maximum atomic E-state index is 9.68. The van der Waals surface area contributed by atoms with Crippen LogP contribution in [0.1, 0.15) is 57.8 Å². The summed E-state index contributed by atoms with van der Waals surface area (Å²) in [6.07, 6.45) is 11.7. The molecule has 0 amide bonds. The fourth-order valence-electron chi connectivity index (χ4n) is 1.92. The van der Waals surface area contributed by atoms with E-state index in [9.17, 15) is 10.2 Å². The zero-order valence-corrected chi connectivity index (χ0v) is 11.0. The van der Waals surface area contributed by atoms with Crippen LogP contribution in [0.5, 0.6) is 0 Å². The number of rotatable bonds is 12. The van der Waals surface area contributed by atoms with Crippen molar-refractivity contribution in [1.29, 1.82) is 0 Å². The summed E-state index contributed by atoms with van der Waals surface area (Å²) in [5, 5.41) is 19.2. The normalized spacial score (nSPS) is 14.2. The van der Waals surface area contributed by atoms with Gasteiger partial charge >= 0.3 is 0 Å². The first kappa shape index (κ1) is 16.4. The van der Waals surface area contributed by atoms with Gasteiger partial charge in [-0.05, 0) is 32.1 Å². The predicted molar refractivity (Wildman–Crippen MR) is 74.0 cm³/mol. The molecule has 0 saturated carbocycles. The molecule has 0 aliphatic rings. The summed E-state index contributed by atoms with van der Waals surface area (Å²) in [6, 6.07) is 0. The highest BCUT2D eigenvalue weighted by molar-refractivity contribution is 4.74. The molecule has 0 aromatic heterocycles. The third kappa shape index (κ3) is 11.7. The summed E-state index contributed by atoms with van der Waals surface area (Å²) in [5.41, 5.74) is 0. The van der Waals surface area contributed by atoms with Crippen LogP contribution in [0.15, 0.2) is 25.3 Å². The number of hydrogen-bond donors (Lipinski definition) is 2. The lowest BCUT2D eigenvalue weighted by Gasteiger charge is -2.14. The van der Waals surface area contributed by atoms with Crippen LogP contribution in [0.4, 0.5) is 0 Å². The quantitative estimate of drug-likeness (QED) is 0.404. The van der Waals surface area contributed by atoms with E-state index in [0.29, 0.717) is 12.8 Å². The molecular weight excluding hydrogens is 212 g/mol. The Labute approximate surface area is 106 Å². The first-order chi connectivity index (χ1) is 8.20. The Bertz CT molecular complexity index is 189. The van der Waals surface area contributed by atoms with Gasteiger partial charge in [0.25, 0.3) is 0 Å². The fraction of sp³-hybridized carbons (Fsp3) is 0.733. The molecule has 2 atom stereocenters. The fourth-order valence-corrected chi connectivity index (χ4v) is 1.92. The molecule has 2 N–H and O–H groups in total. The highest BCUT2D eigenvalue weighted by atomic mass is 16.3. The van der Waals surface area contributed by atoms with E-state index >= 15 is 0 Å². The zero-order valence-electron chi connectivity index (χ0n) is 11.0. The number of aliphatic hydroxyl groups excluding tert-OH is 2. The molecule has 2 heteroatoms. The van der Waals surface area contributed by atoms with Gasteiger partial charge in [-0.25, -0.2) is 0 Å². The number of aliphatic hydroxyl groups is 2. The van der Waals surface area contributed by atoms with Gasteiger partial charge in [0.05, 0.1) is 12.2 Å². The van der Waals surface area contributed by atoms with Crippen LogP contribution in [-0.4, -0.2) is 22.4 Å². The average molecular weight is 240 g/mol. The van der Waals surface area contributed by atoms with E-state index in [-0.39, 0.29) is 6.10 Å². The minimum atomic E-state index is -0.435. The van der Waals surface area contributed by atoms with E-state index in [0.717, 1.165) is 19.3 Å². The summed E-state index contributed by atoms with van der Waals surface area (Å²) in [4.78, 5) is 0. The van der Waals surface area contributed by atoms with Crippen molar-refractivity contribution < 1.29 is 10.2 Å². The second-order valence-corrected chi connectivity index (χ2v) is 4.70. The van der Waals surface area contributed by atoms with Gasteiger partial charge in [0.15, 0.2) is 0 Å². The Morgan fingerprint density at radius 3 is 2.12 bits per heavy atom. The van der Waals surface area contributed by atoms with E-state index in [4.69, 9.17) is 0 Å². The zero-order chi connectivity index (χ0) is 12.9. The van der Waals surface area contributed by atoms with Crippen molar-refractivity contribution in [1.82, 2.24) is 0 Å². The molecule has 2 nitrogen and oxygen atoms in total. The van der Waals surface area contributed by atoms with Crippen LogP contribution in [-0.2, 0) is 0 Å². The molecule has 0 saturated heterocycles. The maximum Gasteiger partial charge on any atom is 0.0599 e. The number of hydrogen-bond acceptors (Lipinski definition) is 2. The molecule has 0 fully saturated rings. The molecule has 0 aliphatic heterocycles. The minimum Gasteiger partial charge on any atom is -0.393 e. The predicted octanol–water partition coefficient (Wildman–Crippen LogP) is 3.59. The first-order valence-electron chi connectivity index (χ1n) is 6.78. The number of allylic oxidation sites excluding steroid dienone is 1. The van der Waals surface area contributed by atoms with Crippen LogP contribution in [0, 0.1) is 0 Å². The summed E-state index contributed by atoms with van der Waals surface area (Å²) in [7, 11) is 0. The van der Waals surface area contributed by atoms with Crippen LogP contribution in [0.3, 0.4) is 0 Å². The molecule has 0 aromatic carbocycles. The van der Waals surface area contributed by atoms with Gasteiger partial charge in [-0.1, -0.05) is 37.8 Å². The summed E-state index contributed by atoms with van der Waals surface area (Å²) >= 11 is 0. The van der Waals surface area contributed by atoms with E-state index in [1.165, 1.54) is 25.7 Å². The third-order valence-corrected chi connectivity index (χ3v) is 2.93. The van der Waals surface area contributed by atoms with Gasteiger partial charge in [-0.2, -0.15) is 0 Å². The van der Waals surface area contributed by atoms with Gasteiger partial charge in [0.2, 0.25) is 0 Å². The topological polar surface area (TPSA) is 40.5 Å². The molecule has 0 aromatic rings. The van der Waals surface area contributed by atoms with Crippen molar-refractivity contribution in [2.75, 3.05) is 0 Å². The second-order valence-electron chi connectivity index (χ2n) is 4.70. The molecule has 0 heterocycles. The molecule has 17 heavy (non-hydrogen) atoms. The Kier molecular flexibility index (Phi) is 11.5. The van der Waals surface area contributed by atoms with E-state index in [1.54, 1.807) is 6.08 Å². The van der Waals surface area contributed by atoms with Crippen molar-refractivity contribution >= 4 is 0 Å². The average Bonchev–Trinajstić information content (AvgIpc) is 2.28. The van der Waals surface area contributed by atoms with E-state index in [2.05, 4.69) is 13.2 Å². The minimum absolute atomic E-state index is 0.363. The standard InChI is InChI=1S/C15H28O2/c1-3-5-6-7-8-9-10-12-15(17)13-14(16)11-4-2/h3-4,14-17H,1-2,5-13H2. The van der Waals surface area contributed by atoms with Crippen LogP contribution in [0.2, 0.25) is 0 Å². The van der Waals surface area contributed by atoms with Gasteiger partial charge in [0, 0.05) is 0 Å². The summed E-state index contributed by atoms with van der Waals surface area (Å²) in [6.45, 7) is 7.27. The number of unbranched alkanes of at least 4 members (excludes halogenated alkanes) is 5. The molecule has 0 radical (unpaired) electrons. The van der Waals surface area contributed by atoms with Crippen molar-refractivity contribution in [2.45, 2.75) is 70.0 Å². The van der Waals surface area contributed by atoms with Gasteiger partial charge in [0.1, 0.15) is 0 Å². The lowest BCUT2D eigenvalue weighted by atomic mass is 10.0. The SMILES string of the molecule is C=CCCCCCCCC(O)CC(O)CC=C. The molecule has 100 valence electrons. The molecule has 0 rings (SSSR count). The van der Waals surface area contributed by atoms with Crippen LogP contribution < -0.4 is 0 Å². The largest absolute Gasteiger partial charge is 0.393 e. The van der Waals surface area contributed by atoms with Crippen LogP contribution in [0.25, 0.3) is 0 Å². The molecule has 0 bridgehead atoms. The summed E-state index contributed by atoms with van der Waals surface area (Å²) in [5.74, 6) is 0. The molecular formula is C15H28O2. The molecule has 0 spiro atoms. The monoisotopic (exact) mass is 240 g/mol. The maximum absolute atomic E-state index is 9.68. The Morgan fingerprint density at radius 1 is 0.824 bits per heavy atom. The van der Waals surface area contributed by atoms with Crippen molar-refractivity contribution in [3.05, 3.63) is 25.3 Å². The Balaban J connectivity index is 3.29. The lowest BCUT2D eigenvalue weighted by Crippen LogP contribution is -2.16.